The molecule has 0 aliphatic rings. The molecule has 0 saturated carbocycles. The summed E-state index contributed by atoms with van der Waals surface area (Å²) < 4.78 is 77.7. The molecule has 0 saturated heterocycles. The molecular formula is C14H17F6N. The van der Waals surface area contributed by atoms with Crippen LogP contribution in [0.25, 0.3) is 0 Å². The van der Waals surface area contributed by atoms with Gasteiger partial charge in [-0.2, -0.15) is 26.3 Å². The van der Waals surface area contributed by atoms with Gasteiger partial charge in [0.15, 0.2) is 5.92 Å². The molecular weight excluding hydrogens is 296 g/mol. The number of hydrogen-bond acceptors (Lipinski definition) is 1. The first-order valence-electron chi connectivity index (χ1n) is 6.42. The van der Waals surface area contributed by atoms with Gasteiger partial charge in [0, 0.05) is 0 Å². The molecule has 1 rings (SSSR count). The minimum absolute atomic E-state index is 0.000703. The third kappa shape index (κ3) is 4.36. The van der Waals surface area contributed by atoms with Crippen LogP contribution in [0, 0.1) is 19.8 Å². The van der Waals surface area contributed by atoms with Gasteiger partial charge in [-0.1, -0.05) is 30.7 Å². The number of nitrogens with one attached hydrogen (secondary N) is 1. The quantitative estimate of drug-likeness (QED) is 0.795. The smallest absolute Gasteiger partial charge is 0.309 e. The highest BCUT2D eigenvalue weighted by atomic mass is 19.4. The Morgan fingerprint density at radius 2 is 1.52 bits per heavy atom. The summed E-state index contributed by atoms with van der Waals surface area (Å²) >= 11 is 0. The van der Waals surface area contributed by atoms with Crippen molar-refractivity contribution in [3.63, 3.8) is 0 Å². The summed E-state index contributed by atoms with van der Waals surface area (Å²) in [6, 6.07) is 2.69. The van der Waals surface area contributed by atoms with Gasteiger partial charge in [0.25, 0.3) is 0 Å². The monoisotopic (exact) mass is 313 g/mol. The number of halogens is 6. The lowest BCUT2D eigenvalue weighted by molar-refractivity contribution is -0.292. The zero-order valence-electron chi connectivity index (χ0n) is 11.9. The molecule has 120 valence electrons. The fraction of sp³-hybridized carbons (Fsp3) is 0.571. The molecule has 1 N–H and O–H groups in total. The van der Waals surface area contributed by atoms with Crippen molar-refractivity contribution < 1.29 is 26.3 Å². The Hall–Kier alpha value is -1.24. The lowest BCUT2D eigenvalue weighted by Gasteiger charge is -2.32. The molecule has 1 nitrogen and oxygen atoms in total. The van der Waals surface area contributed by atoms with Crippen LogP contribution in [0.1, 0.15) is 29.7 Å². The summed E-state index contributed by atoms with van der Waals surface area (Å²) in [4.78, 5) is 0. The molecule has 0 amide bonds. The number of benzene rings is 1. The molecule has 0 fully saturated rings. The van der Waals surface area contributed by atoms with Gasteiger partial charge in [-0.3, -0.25) is 0 Å². The molecule has 0 aliphatic heterocycles. The average molecular weight is 313 g/mol. The minimum Gasteiger partial charge on any atom is -0.309 e. The van der Waals surface area contributed by atoms with E-state index in [0.29, 0.717) is 11.1 Å². The van der Waals surface area contributed by atoms with Gasteiger partial charge in [0.2, 0.25) is 0 Å². The Morgan fingerprint density at radius 1 is 1.00 bits per heavy atom. The summed E-state index contributed by atoms with van der Waals surface area (Å²) in [5.41, 5.74) is 1.03. The molecule has 0 aromatic heterocycles. The number of aryl methyl sites for hydroxylation is 2. The predicted molar refractivity (Wildman–Crippen MR) is 67.9 cm³/mol. The fourth-order valence-electron chi connectivity index (χ4n) is 2.29. The molecule has 0 bridgehead atoms. The van der Waals surface area contributed by atoms with Crippen LogP contribution in [0.4, 0.5) is 26.3 Å². The summed E-state index contributed by atoms with van der Waals surface area (Å²) in [6.45, 7) is 4.60. The number of hydrogen-bond donors (Lipinski definition) is 1. The van der Waals surface area contributed by atoms with Crippen LogP contribution >= 0.6 is 0 Å². The first kappa shape index (κ1) is 17.8. The lowest BCUT2D eigenvalue weighted by Crippen LogP contribution is -2.46. The molecule has 0 radical (unpaired) electrons. The van der Waals surface area contributed by atoms with Crippen LogP contribution in [-0.2, 0) is 0 Å². The first-order chi connectivity index (χ1) is 9.48. The Balaban J connectivity index is 3.41. The maximum Gasteiger partial charge on any atom is 0.402 e. The zero-order valence-corrected chi connectivity index (χ0v) is 11.9. The van der Waals surface area contributed by atoms with Gasteiger partial charge in [0.1, 0.15) is 0 Å². The van der Waals surface area contributed by atoms with Crippen molar-refractivity contribution in [2.24, 2.45) is 5.92 Å². The van der Waals surface area contributed by atoms with Gasteiger partial charge in [0.05, 0.1) is 6.04 Å². The second kappa shape index (κ2) is 6.25. The first-order valence-corrected chi connectivity index (χ1v) is 6.42. The van der Waals surface area contributed by atoms with Crippen molar-refractivity contribution in [2.75, 3.05) is 6.54 Å². The third-order valence-electron chi connectivity index (χ3n) is 3.23. The maximum atomic E-state index is 12.9. The highest BCUT2D eigenvalue weighted by Gasteiger charge is 2.60. The van der Waals surface area contributed by atoms with Crippen LogP contribution in [0.3, 0.4) is 0 Å². The molecule has 1 unspecified atom stereocenters. The second-order valence-corrected chi connectivity index (χ2v) is 4.96. The van der Waals surface area contributed by atoms with E-state index >= 15 is 0 Å². The Labute approximate surface area is 119 Å². The highest BCUT2D eigenvalue weighted by molar-refractivity contribution is 5.34. The highest BCUT2D eigenvalue weighted by Crippen LogP contribution is 2.47. The molecule has 0 aliphatic carbocycles. The van der Waals surface area contributed by atoms with Crippen molar-refractivity contribution >= 4 is 0 Å². The van der Waals surface area contributed by atoms with Crippen LogP contribution in [-0.4, -0.2) is 18.9 Å². The van der Waals surface area contributed by atoms with Crippen molar-refractivity contribution in [3.05, 3.63) is 34.9 Å². The predicted octanol–water partition coefficient (Wildman–Crippen LogP) is 4.69. The summed E-state index contributed by atoms with van der Waals surface area (Å²) in [5, 5.41) is 2.34. The van der Waals surface area contributed by atoms with E-state index in [-0.39, 0.29) is 12.1 Å². The number of rotatable bonds is 4. The summed E-state index contributed by atoms with van der Waals surface area (Å²) in [7, 11) is 0. The van der Waals surface area contributed by atoms with Gasteiger partial charge in [-0.05, 0) is 31.5 Å². The lowest BCUT2D eigenvalue weighted by atomic mass is 9.88. The van der Waals surface area contributed by atoms with E-state index in [4.69, 9.17) is 0 Å². The Kier molecular flexibility index (Phi) is 5.30. The minimum atomic E-state index is -5.37. The molecule has 7 heteroatoms. The third-order valence-corrected chi connectivity index (χ3v) is 3.23. The summed E-state index contributed by atoms with van der Waals surface area (Å²) in [6.07, 6.45) is -10.7. The molecule has 1 aromatic rings. The maximum absolute atomic E-state index is 12.9. The fourth-order valence-corrected chi connectivity index (χ4v) is 2.29. The van der Waals surface area contributed by atoms with E-state index in [2.05, 4.69) is 5.32 Å². The largest absolute Gasteiger partial charge is 0.402 e. The zero-order chi connectivity index (χ0) is 16.4. The average Bonchev–Trinajstić information content (AvgIpc) is 2.28. The molecule has 21 heavy (non-hydrogen) atoms. The van der Waals surface area contributed by atoms with Crippen LogP contribution in [0.2, 0.25) is 0 Å². The van der Waals surface area contributed by atoms with E-state index in [9.17, 15) is 26.3 Å². The van der Waals surface area contributed by atoms with Crippen LogP contribution in [0.15, 0.2) is 18.2 Å². The summed E-state index contributed by atoms with van der Waals surface area (Å²) in [5.74, 6) is -3.44. The van der Waals surface area contributed by atoms with E-state index < -0.39 is 24.3 Å². The van der Waals surface area contributed by atoms with E-state index in [1.807, 2.05) is 0 Å². The Bertz CT molecular complexity index is 463. The number of alkyl halides is 6. The van der Waals surface area contributed by atoms with E-state index in [1.54, 1.807) is 13.0 Å². The molecule has 1 atom stereocenters. The molecule has 0 spiro atoms. The Morgan fingerprint density at radius 3 is 1.95 bits per heavy atom. The van der Waals surface area contributed by atoms with Gasteiger partial charge < -0.3 is 5.32 Å². The molecule has 1 aromatic carbocycles. The van der Waals surface area contributed by atoms with E-state index in [0.717, 1.165) is 0 Å². The van der Waals surface area contributed by atoms with Crippen molar-refractivity contribution in [1.82, 2.24) is 5.32 Å². The van der Waals surface area contributed by atoms with Gasteiger partial charge >= 0.3 is 12.4 Å². The molecule has 0 heterocycles. The van der Waals surface area contributed by atoms with Crippen molar-refractivity contribution in [3.8, 4) is 0 Å². The van der Waals surface area contributed by atoms with Crippen LogP contribution < -0.4 is 5.32 Å². The van der Waals surface area contributed by atoms with E-state index in [1.165, 1.54) is 26.0 Å². The topological polar surface area (TPSA) is 12.0 Å². The van der Waals surface area contributed by atoms with Gasteiger partial charge in [-0.15, -0.1) is 0 Å². The SMILES string of the molecule is CCNC(c1cc(C)ccc1C)C(C(F)(F)F)C(F)(F)F. The second-order valence-electron chi connectivity index (χ2n) is 4.96. The van der Waals surface area contributed by atoms with Crippen molar-refractivity contribution in [2.45, 2.75) is 39.2 Å². The van der Waals surface area contributed by atoms with Crippen molar-refractivity contribution in [1.29, 1.82) is 0 Å². The normalized spacial score (nSPS) is 14.6. The van der Waals surface area contributed by atoms with Gasteiger partial charge in [-0.25, -0.2) is 0 Å². The standard InChI is InChI=1S/C14H17F6N/c1-4-21-11(10-7-8(2)5-6-9(10)3)12(13(15,16)17)14(18,19)20/h5-7,11-12,21H,4H2,1-3H3. The van der Waals surface area contributed by atoms with Crippen LogP contribution in [0.5, 0.6) is 0 Å².